The van der Waals surface area contributed by atoms with E-state index in [1.165, 1.54) is 5.69 Å². The quantitative estimate of drug-likeness (QED) is 0.897. The number of hydrogen-bond acceptors (Lipinski definition) is 4. The van der Waals surface area contributed by atoms with E-state index in [1.807, 2.05) is 42.6 Å². The fraction of sp³-hybridized carbons (Fsp3) is 0.286. The average molecular weight is 374 g/mol. The molecule has 28 heavy (non-hydrogen) atoms. The molecule has 0 saturated carbocycles. The molecule has 2 aliphatic heterocycles. The molecule has 2 atom stereocenters. The Morgan fingerprint density at radius 1 is 1.32 bits per heavy atom. The number of likely N-dealkylation sites (N-methyl/N-ethyl adjacent to an activating group) is 1. The number of aromatic nitrogens is 3. The van der Waals surface area contributed by atoms with Crippen molar-refractivity contribution < 1.29 is 4.79 Å². The van der Waals surface area contributed by atoms with Crippen molar-refractivity contribution in [3.63, 3.8) is 0 Å². The summed E-state index contributed by atoms with van der Waals surface area (Å²) in [4.78, 5) is 25.4. The number of hydrogen-bond donors (Lipinski definition) is 1. The predicted octanol–water partition coefficient (Wildman–Crippen LogP) is 2.98. The summed E-state index contributed by atoms with van der Waals surface area (Å²) in [5.74, 6) is 1.41. The van der Waals surface area contributed by atoms with Crippen LogP contribution in [0.5, 0.6) is 0 Å². The van der Waals surface area contributed by atoms with Crippen LogP contribution >= 0.6 is 0 Å². The predicted molar refractivity (Wildman–Crippen MR) is 107 cm³/mol. The molecule has 5 rings (SSSR count). The summed E-state index contributed by atoms with van der Waals surface area (Å²) in [6.07, 6.45) is 14.6. The summed E-state index contributed by atoms with van der Waals surface area (Å²) in [7, 11) is 2.02. The number of allylic oxidation sites excluding steroid dienone is 3. The van der Waals surface area contributed by atoms with Gasteiger partial charge in [0, 0.05) is 25.4 Å². The summed E-state index contributed by atoms with van der Waals surface area (Å²) in [6.45, 7) is 2.72. The topological polar surface area (TPSA) is 66.3 Å². The third-order valence-corrected chi connectivity index (χ3v) is 5.61. The molecule has 3 aliphatic rings. The van der Waals surface area contributed by atoms with Gasteiger partial charge in [0.25, 0.3) is 0 Å². The number of nitrogens with one attached hydrogen (secondary N) is 1. The van der Waals surface area contributed by atoms with Crippen molar-refractivity contribution in [3.05, 3.63) is 71.7 Å². The van der Waals surface area contributed by atoms with E-state index < -0.39 is 0 Å². The van der Waals surface area contributed by atoms with Gasteiger partial charge in [-0.15, -0.1) is 0 Å². The van der Waals surface area contributed by atoms with Crippen molar-refractivity contribution in [1.82, 2.24) is 29.7 Å². The first-order chi connectivity index (χ1) is 13.6. The highest BCUT2D eigenvalue weighted by atomic mass is 16.2. The van der Waals surface area contributed by atoms with E-state index in [0.29, 0.717) is 12.5 Å². The lowest BCUT2D eigenvalue weighted by atomic mass is 9.96. The fourth-order valence-corrected chi connectivity index (χ4v) is 4.26. The summed E-state index contributed by atoms with van der Waals surface area (Å²) < 4.78 is 2.15. The molecule has 0 bridgehead atoms. The second kappa shape index (κ2) is 6.37. The normalized spacial score (nSPS) is 23.1. The van der Waals surface area contributed by atoms with Gasteiger partial charge in [-0.05, 0) is 36.3 Å². The lowest BCUT2D eigenvalue weighted by molar-refractivity contribution is 0.157. The molecule has 0 radical (unpaired) electrons. The highest BCUT2D eigenvalue weighted by Crippen LogP contribution is 2.35. The molecule has 7 heteroatoms. The Balaban J connectivity index is 1.49. The van der Waals surface area contributed by atoms with Crippen LogP contribution in [0, 0.1) is 0 Å². The van der Waals surface area contributed by atoms with Gasteiger partial charge in [0.1, 0.15) is 18.3 Å². The second-order valence-corrected chi connectivity index (χ2v) is 7.47. The number of carbonyl (C=O) groups excluding carboxylic acids is 1. The Bertz CT molecular complexity index is 1020. The maximum atomic E-state index is 12.6. The number of nitrogens with zero attached hydrogens (tertiary/aromatic N) is 5. The zero-order chi connectivity index (χ0) is 19.3. The molecule has 1 fully saturated rings. The largest absolute Gasteiger partial charge is 0.335 e. The Kier molecular flexibility index (Phi) is 3.82. The van der Waals surface area contributed by atoms with E-state index in [-0.39, 0.29) is 12.2 Å². The minimum absolute atomic E-state index is 0.0921. The Morgan fingerprint density at radius 2 is 2.21 bits per heavy atom. The second-order valence-electron chi connectivity index (χ2n) is 7.47. The molecular formula is C21H22N6O. The zero-order valence-electron chi connectivity index (χ0n) is 15.9. The minimum atomic E-state index is -0.180. The van der Waals surface area contributed by atoms with Gasteiger partial charge in [0.2, 0.25) is 0 Å². The minimum Gasteiger partial charge on any atom is -0.335 e. The van der Waals surface area contributed by atoms with Crippen LogP contribution in [-0.2, 0) is 6.54 Å². The van der Waals surface area contributed by atoms with Gasteiger partial charge in [0.15, 0.2) is 0 Å². The van der Waals surface area contributed by atoms with Crippen LogP contribution in [0.3, 0.4) is 0 Å². The molecule has 1 N–H and O–H groups in total. The van der Waals surface area contributed by atoms with Gasteiger partial charge in [0.05, 0.1) is 23.6 Å². The van der Waals surface area contributed by atoms with Crippen molar-refractivity contribution in [2.24, 2.45) is 0 Å². The molecule has 0 spiro atoms. The molecule has 7 nitrogen and oxygen atoms in total. The van der Waals surface area contributed by atoms with Crippen LogP contribution in [-0.4, -0.2) is 43.6 Å². The van der Waals surface area contributed by atoms with Crippen molar-refractivity contribution in [1.29, 1.82) is 0 Å². The summed E-state index contributed by atoms with van der Waals surface area (Å²) in [5, 5.41) is 3.00. The standard InChI is InChI=1S/C21H22N6O/c1-14-5-3-7-16-19(14)27(13-23-16)18-9-8-17-20(25(18)2)26(21(28)24-17)12-15-6-4-10-22-11-15/h3-4,6-11,13-14,20H,5,12H2,1-2H3,(H,24,28). The van der Waals surface area contributed by atoms with Crippen LogP contribution in [0.1, 0.15) is 36.2 Å². The van der Waals surface area contributed by atoms with E-state index in [4.69, 9.17) is 0 Å². The van der Waals surface area contributed by atoms with Gasteiger partial charge in [-0.25, -0.2) is 9.78 Å². The van der Waals surface area contributed by atoms with Gasteiger partial charge in [-0.1, -0.05) is 19.1 Å². The number of fused-ring (bicyclic) bond motifs is 2. The molecular weight excluding hydrogens is 352 g/mol. The maximum Gasteiger partial charge on any atom is 0.323 e. The number of amides is 2. The molecule has 1 saturated heterocycles. The van der Waals surface area contributed by atoms with Crippen molar-refractivity contribution >= 4 is 17.9 Å². The van der Waals surface area contributed by atoms with Gasteiger partial charge >= 0.3 is 6.03 Å². The third kappa shape index (κ3) is 2.54. The van der Waals surface area contributed by atoms with E-state index in [2.05, 4.69) is 43.8 Å². The lowest BCUT2D eigenvalue weighted by Crippen LogP contribution is -2.45. The first-order valence-corrected chi connectivity index (χ1v) is 9.49. The number of urea groups is 1. The first-order valence-electron chi connectivity index (χ1n) is 9.49. The molecule has 0 aromatic carbocycles. The smallest absolute Gasteiger partial charge is 0.323 e. The highest BCUT2D eigenvalue weighted by Gasteiger charge is 2.40. The summed E-state index contributed by atoms with van der Waals surface area (Å²) in [5.41, 5.74) is 4.13. The summed E-state index contributed by atoms with van der Waals surface area (Å²) >= 11 is 0. The van der Waals surface area contributed by atoms with Crippen LogP contribution in [0.4, 0.5) is 4.79 Å². The number of pyridine rings is 1. The SMILES string of the molecule is CC1CC=Cc2ncn(C3=CC=C4NC(=O)N(Cc5cccnc5)C4N3C)c21. The van der Waals surface area contributed by atoms with Crippen LogP contribution in [0.25, 0.3) is 11.9 Å². The van der Waals surface area contributed by atoms with Gasteiger partial charge < -0.3 is 10.2 Å². The molecule has 4 heterocycles. The Morgan fingerprint density at radius 3 is 3.04 bits per heavy atom. The first kappa shape index (κ1) is 16.8. The average Bonchev–Trinajstić information content (AvgIpc) is 3.26. The summed E-state index contributed by atoms with van der Waals surface area (Å²) in [6, 6.07) is 3.79. The van der Waals surface area contributed by atoms with E-state index in [1.54, 1.807) is 12.4 Å². The number of carbonyl (C=O) groups is 1. The van der Waals surface area contributed by atoms with Crippen LogP contribution in [0.2, 0.25) is 0 Å². The molecule has 2 unspecified atom stereocenters. The molecule has 2 amide bonds. The maximum absolute atomic E-state index is 12.6. The van der Waals surface area contributed by atoms with Crippen molar-refractivity contribution in [2.75, 3.05) is 7.05 Å². The molecule has 2 aromatic rings. The Hall–Kier alpha value is -3.35. The van der Waals surface area contributed by atoms with Crippen molar-refractivity contribution in [3.8, 4) is 0 Å². The number of imidazole rings is 1. The number of rotatable bonds is 3. The van der Waals surface area contributed by atoms with Crippen LogP contribution in [0.15, 0.2) is 54.8 Å². The van der Waals surface area contributed by atoms with E-state index >= 15 is 0 Å². The Labute approximate surface area is 163 Å². The molecule has 2 aromatic heterocycles. The third-order valence-electron chi connectivity index (χ3n) is 5.61. The van der Waals surface area contributed by atoms with Gasteiger partial charge in [-0.2, -0.15) is 0 Å². The zero-order valence-corrected chi connectivity index (χ0v) is 15.9. The van der Waals surface area contributed by atoms with Gasteiger partial charge in [-0.3, -0.25) is 14.5 Å². The fourth-order valence-electron chi connectivity index (χ4n) is 4.26. The highest BCUT2D eigenvalue weighted by molar-refractivity contribution is 5.81. The molecule has 142 valence electrons. The lowest BCUT2D eigenvalue weighted by Gasteiger charge is -2.37. The van der Waals surface area contributed by atoms with Crippen molar-refractivity contribution in [2.45, 2.75) is 32.0 Å². The molecule has 1 aliphatic carbocycles. The van der Waals surface area contributed by atoms with Crippen LogP contribution < -0.4 is 5.32 Å². The van der Waals surface area contributed by atoms with E-state index in [9.17, 15) is 4.79 Å². The van der Waals surface area contributed by atoms with E-state index in [0.717, 1.165) is 29.2 Å². The monoisotopic (exact) mass is 374 g/mol.